The van der Waals surface area contributed by atoms with Crippen LogP contribution >= 0.6 is 11.5 Å². The topological polar surface area (TPSA) is 92.5 Å². The van der Waals surface area contributed by atoms with Crippen molar-refractivity contribution in [3.8, 4) is 11.5 Å². The van der Waals surface area contributed by atoms with Crippen LogP contribution in [0.15, 0.2) is 64.4 Å². The second-order valence-electron chi connectivity index (χ2n) is 10.1. The number of H-pyrrole nitrogens is 1. The molecule has 1 aromatic heterocycles. The molecule has 2 aliphatic rings. The molecule has 2 fully saturated rings. The minimum Gasteiger partial charge on any atom is -0.457 e. The fourth-order valence-corrected chi connectivity index (χ4v) is 6.67. The van der Waals surface area contributed by atoms with E-state index in [1.807, 2.05) is 54.6 Å². The van der Waals surface area contributed by atoms with Gasteiger partial charge in [-0.3, -0.25) is 14.2 Å². The third-order valence-electron chi connectivity index (χ3n) is 7.83. The summed E-state index contributed by atoms with van der Waals surface area (Å²) < 4.78 is 8.65. The largest absolute Gasteiger partial charge is 0.457 e. The van der Waals surface area contributed by atoms with Crippen molar-refractivity contribution in [3.63, 3.8) is 0 Å². The van der Waals surface area contributed by atoms with Gasteiger partial charge in [0.1, 0.15) is 27.9 Å². The van der Waals surface area contributed by atoms with Crippen molar-refractivity contribution in [2.45, 2.75) is 39.5 Å². The molecule has 4 N–H and O–H groups in total. The summed E-state index contributed by atoms with van der Waals surface area (Å²) in [7, 11) is 0. The molecular formula is C27H32N4O2S. The Labute approximate surface area is 204 Å². The standard InChI is InChI=1S/C27H32N4O2S/c1-27(2)18-9-8-17(22(27)15-10-18)16-29-24(28)23-25(32)31-34-26(23)30-19-11-13-21(14-12-19)33-20-6-4-3-5-7-20/h3-7,11-14,17-18,22,30H,8-10,15-16H2,1-2H3,(H2,28,29)(H,31,32)/t17-,18?,22?/m0/s1. The SMILES string of the molecule is CC1(C)C2CCC1[C@H](CN=C(N)c1c(Nc3ccc(Oc4ccccc4)cc3)s[nH]c1=O)CC2. The summed E-state index contributed by atoms with van der Waals surface area (Å²) in [5.74, 6) is 3.91. The number of amidine groups is 1. The maximum absolute atomic E-state index is 12.5. The Morgan fingerprint density at radius 2 is 1.79 bits per heavy atom. The predicted octanol–water partition coefficient (Wildman–Crippen LogP) is 6.14. The Morgan fingerprint density at radius 3 is 2.56 bits per heavy atom. The van der Waals surface area contributed by atoms with Gasteiger partial charge in [0.2, 0.25) is 0 Å². The lowest BCUT2D eigenvalue weighted by Gasteiger charge is -2.42. The number of anilines is 2. The monoisotopic (exact) mass is 476 g/mol. The molecule has 7 heteroatoms. The van der Waals surface area contributed by atoms with Gasteiger partial charge >= 0.3 is 0 Å². The number of benzene rings is 2. The summed E-state index contributed by atoms with van der Waals surface area (Å²) in [4.78, 5) is 17.3. The maximum Gasteiger partial charge on any atom is 0.271 e. The molecule has 1 heterocycles. The number of aromatic amines is 1. The van der Waals surface area contributed by atoms with E-state index in [1.165, 1.54) is 37.2 Å². The van der Waals surface area contributed by atoms with Crippen molar-refractivity contribution in [3.05, 3.63) is 70.5 Å². The Morgan fingerprint density at radius 1 is 1.09 bits per heavy atom. The van der Waals surface area contributed by atoms with Crippen LogP contribution in [0.5, 0.6) is 11.5 Å². The highest BCUT2D eigenvalue weighted by Crippen LogP contribution is 2.57. The summed E-state index contributed by atoms with van der Waals surface area (Å²) in [6.07, 6.45) is 5.10. The molecule has 0 spiro atoms. The second kappa shape index (κ2) is 9.29. The van der Waals surface area contributed by atoms with E-state index < -0.39 is 0 Å². The van der Waals surface area contributed by atoms with Gasteiger partial charge in [-0.1, -0.05) is 32.0 Å². The van der Waals surface area contributed by atoms with Gasteiger partial charge in [-0.15, -0.1) is 0 Å². The van der Waals surface area contributed by atoms with Gasteiger partial charge in [-0.2, -0.15) is 0 Å². The summed E-state index contributed by atoms with van der Waals surface area (Å²) in [6, 6.07) is 17.3. The van der Waals surface area contributed by atoms with E-state index >= 15 is 0 Å². The minimum atomic E-state index is -0.206. The molecule has 178 valence electrons. The molecule has 2 aromatic carbocycles. The van der Waals surface area contributed by atoms with Crippen LogP contribution in [0, 0.1) is 23.2 Å². The van der Waals surface area contributed by atoms with Gasteiger partial charge in [0.05, 0.1) is 0 Å². The normalized spacial score (nSPS) is 23.6. The Hall–Kier alpha value is -3.06. The van der Waals surface area contributed by atoms with E-state index in [-0.39, 0.29) is 5.56 Å². The van der Waals surface area contributed by atoms with Crippen molar-refractivity contribution < 1.29 is 4.74 Å². The molecule has 2 saturated carbocycles. The fourth-order valence-electron chi connectivity index (χ4n) is 5.90. The number of hydrogen-bond acceptors (Lipinski definition) is 5. The molecule has 0 radical (unpaired) electrons. The molecule has 34 heavy (non-hydrogen) atoms. The number of aromatic nitrogens is 1. The van der Waals surface area contributed by atoms with Gasteiger partial charge in [0.25, 0.3) is 5.56 Å². The summed E-state index contributed by atoms with van der Waals surface area (Å²) in [5, 5.41) is 3.99. The number of ether oxygens (including phenoxy) is 1. The van der Waals surface area contributed by atoms with Gasteiger partial charge in [-0.25, -0.2) is 0 Å². The number of hydrogen-bond donors (Lipinski definition) is 3. The summed E-state index contributed by atoms with van der Waals surface area (Å²) >= 11 is 1.24. The molecule has 0 amide bonds. The molecule has 5 rings (SSSR count). The number of nitrogens with zero attached hydrogens (tertiary/aromatic N) is 1. The van der Waals surface area contributed by atoms with E-state index in [0.717, 1.165) is 23.1 Å². The molecule has 6 nitrogen and oxygen atoms in total. The quantitative estimate of drug-likeness (QED) is 0.282. The number of para-hydroxylation sites is 1. The molecule has 0 aliphatic heterocycles. The third kappa shape index (κ3) is 4.49. The van der Waals surface area contributed by atoms with Crippen LogP contribution < -0.4 is 21.3 Å². The highest BCUT2D eigenvalue weighted by Gasteiger charge is 2.49. The van der Waals surface area contributed by atoms with Crippen LogP contribution in [-0.4, -0.2) is 16.8 Å². The van der Waals surface area contributed by atoms with Gasteiger partial charge < -0.3 is 15.8 Å². The van der Waals surface area contributed by atoms with Crippen molar-refractivity contribution in [2.24, 2.45) is 33.9 Å². The first-order valence-electron chi connectivity index (χ1n) is 12.0. The predicted molar refractivity (Wildman–Crippen MR) is 139 cm³/mol. The molecule has 2 bridgehead atoms. The molecular weight excluding hydrogens is 444 g/mol. The average molecular weight is 477 g/mol. The lowest BCUT2D eigenvalue weighted by Crippen LogP contribution is -2.37. The Bertz CT molecular complexity index is 1210. The van der Waals surface area contributed by atoms with Crippen LogP contribution in [-0.2, 0) is 0 Å². The van der Waals surface area contributed by atoms with Crippen LogP contribution in [0.4, 0.5) is 10.7 Å². The first-order valence-corrected chi connectivity index (χ1v) is 12.8. The molecule has 0 saturated heterocycles. The van der Waals surface area contributed by atoms with Crippen molar-refractivity contribution in [1.29, 1.82) is 0 Å². The number of aliphatic imine (C=N–C) groups is 1. The highest BCUT2D eigenvalue weighted by molar-refractivity contribution is 7.10. The van der Waals surface area contributed by atoms with E-state index in [1.54, 1.807) is 0 Å². The zero-order valence-electron chi connectivity index (χ0n) is 19.7. The number of fused-ring (bicyclic) bond motifs is 2. The Kier molecular flexibility index (Phi) is 6.21. The van der Waals surface area contributed by atoms with Crippen LogP contribution in [0.3, 0.4) is 0 Å². The second-order valence-corrected chi connectivity index (χ2v) is 10.9. The lowest BCUT2D eigenvalue weighted by molar-refractivity contribution is 0.0748. The van der Waals surface area contributed by atoms with E-state index in [4.69, 9.17) is 15.5 Å². The Balaban J connectivity index is 1.28. The molecule has 2 unspecified atom stereocenters. The number of nitrogens with one attached hydrogen (secondary N) is 2. The van der Waals surface area contributed by atoms with Crippen LogP contribution in [0.2, 0.25) is 0 Å². The maximum atomic E-state index is 12.5. The smallest absolute Gasteiger partial charge is 0.271 e. The molecule has 3 atom stereocenters. The number of rotatable bonds is 7. The van der Waals surface area contributed by atoms with E-state index in [2.05, 4.69) is 23.5 Å². The zero-order valence-corrected chi connectivity index (χ0v) is 20.5. The highest BCUT2D eigenvalue weighted by atomic mass is 32.1. The first kappa shape index (κ1) is 22.7. The molecule has 3 aromatic rings. The first-order chi connectivity index (χ1) is 16.4. The lowest BCUT2D eigenvalue weighted by atomic mass is 9.63. The zero-order chi connectivity index (χ0) is 23.7. The van der Waals surface area contributed by atoms with Crippen LogP contribution in [0.1, 0.15) is 45.1 Å². The average Bonchev–Trinajstić information content (AvgIpc) is 3.23. The summed E-state index contributed by atoms with van der Waals surface area (Å²) in [5.41, 5.74) is 7.81. The van der Waals surface area contributed by atoms with E-state index in [9.17, 15) is 4.79 Å². The van der Waals surface area contributed by atoms with Gasteiger partial charge in [0, 0.05) is 12.2 Å². The number of nitrogens with two attached hydrogens (primary N) is 1. The van der Waals surface area contributed by atoms with Crippen molar-refractivity contribution in [1.82, 2.24) is 4.37 Å². The minimum absolute atomic E-state index is 0.206. The fraction of sp³-hybridized carbons (Fsp3) is 0.407. The van der Waals surface area contributed by atoms with Crippen molar-refractivity contribution >= 4 is 28.1 Å². The third-order valence-corrected chi connectivity index (χ3v) is 8.63. The van der Waals surface area contributed by atoms with Crippen LogP contribution in [0.25, 0.3) is 0 Å². The van der Waals surface area contributed by atoms with Crippen molar-refractivity contribution in [2.75, 3.05) is 11.9 Å². The van der Waals surface area contributed by atoms with E-state index in [0.29, 0.717) is 40.2 Å². The summed E-state index contributed by atoms with van der Waals surface area (Å²) in [6.45, 7) is 5.51. The molecule has 2 aliphatic carbocycles. The van der Waals surface area contributed by atoms with Gasteiger partial charge in [0.15, 0.2) is 0 Å². The van der Waals surface area contributed by atoms with Gasteiger partial charge in [-0.05, 0) is 96.8 Å².